The first-order valence-corrected chi connectivity index (χ1v) is 7.77. The lowest BCUT2D eigenvalue weighted by Crippen LogP contribution is -2.13. The Bertz CT molecular complexity index is 931. The number of halogens is 1. The van der Waals surface area contributed by atoms with Crippen molar-refractivity contribution in [3.05, 3.63) is 53.3 Å². The average Bonchev–Trinajstić information content (AvgIpc) is 2.98. The number of carboxylic acids is 1. The van der Waals surface area contributed by atoms with Crippen LogP contribution in [0.5, 0.6) is 5.75 Å². The number of furan rings is 1. The first-order valence-electron chi connectivity index (χ1n) is 7.77. The van der Waals surface area contributed by atoms with Crippen LogP contribution in [-0.2, 0) is 0 Å². The van der Waals surface area contributed by atoms with E-state index in [4.69, 9.17) is 9.15 Å². The predicted octanol–water partition coefficient (Wildman–Crippen LogP) is 4.23. The zero-order valence-electron chi connectivity index (χ0n) is 14.1. The Balaban J connectivity index is 2.30. The minimum atomic E-state index is -1.12. The molecule has 3 rings (SSSR count). The SMILES string of the molecule is CNC(C)c1cc2oc(-c3ccc(F)cc3)c(C(=O)O)c2cc1OC. The molecule has 0 bridgehead atoms. The number of methoxy groups -OCH3 is 1. The molecular formula is C19H18FNO4. The summed E-state index contributed by atoms with van der Waals surface area (Å²) in [5, 5.41) is 13.2. The van der Waals surface area contributed by atoms with Crippen molar-refractivity contribution in [2.24, 2.45) is 0 Å². The maximum atomic E-state index is 13.2. The van der Waals surface area contributed by atoms with Crippen LogP contribution >= 0.6 is 0 Å². The lowest BCUT2D eigenvalue weighted by Gasteiger charge is -2.14. The molecular weight excluding hydrogens is 325 g/mol. The first kappa shape index (κ1) is 17.0. The zero-order chi connectivity index (χ0) is 18.1. The summed E-state index contributed by atoms with van der Waals surface area (Å²) in [5.41, 5.74) is 1.82. The lowest BCUT2D eigenvalue weighted by atomic mass is 10.0. The molecule has 1 heterocycles. The summed E-state index contributed by atoms with van der Waals surface area (Å²) in [6, 6.07) is 8.95. The Kier molecular flexibility index (Phi) is 4.46. The van der Waals surface area contributed by atoms with Gasteiger partial charge in [0.1, 0.15) is 28.5 Å². The smallest absolute Gasteiger partial charge is 0.340 e. The Hall–Kier alpha value is -2.86. The summed E-state index contributed by atoms with van der Waals surface area (Å²) in [4.78, 5) is 11.8. The van der Waals surface area contributed by atoms with Crippen LogP contribution in [0.3, 0.4) is 0 Å². The summed E-state index contributed by atoms with van der Waals surface area (Å²) in [5.74, 6) is -0.750. The second-order valence-corrected chi connectivity index (χ2v) is 5.72. The van der Waals surface area contributed by atoms with E-state index in [0.717, 1.165) is 5.56 Å². The number of hydrogen-bond acceptors (Lipinski definition) is 4. The van der Waals surface area contributed by atoms with Crippen LogP contribution in [0.1, 0.15) is 28.9 Å². The van der Waals surface area contributed by atoms with Gasteiger partial charge in [-0.25, -0.2) is 9.18 Å². The molecule has 0 aliphatic carbocycles. The normalized spacial score (nSPS) is 12.3. The lowest BCUT2D eigenvalue weighted by molar-refractivity contribution is 0.0699. The molecule has 0 spiro atoms. The highest BCUT2D eigenvalue weighted by atomic mass is 19.1. The van der Waals surface area contributed by atoms with Gasteiger partial charge in [-0.1, -0.05) is 0 Å². The topological polar surface area (TPSA) is 71.7 Å². The fourth-order valence-electron chi connectivity index (χ4n) is 2.83. The largest absolute Gasteiger partial charge is 0.496 e. The van der Waals surface area contributed by atoms with Crippen molar-refractivity contribution in [1.82, 2.24) is 5.32 Å². The number of benzene rings is 2. The van der Waals surface area contributed by atoms with Gasteiger partial charge >= 0.3 is 5.97 Å². The van der Waals surface area contributed by atoms with Crippen molar-refractivity contribution in [1.29, 1.82) is 0 Å². The molecule has 6 heteroatoms. The van der Waals surface area contributed by atoms with E-state index in [1.807, 2.05) is 14.0 Å². The van der Waals surface area contributed by atoms with Crippen LogP contribution in [0.4, 0.5) is 4.39 Å². The van der Waals surface area contributed by atoms with E-state index >= 15 is 0 Å². The van der Waals surface area contributed by atoms with Crippen molar-refractivity contribution < 1.29 is 23.4 Å². The van der Waals surface area contributed by atoms with Crippen LogP contribution < -0.4 is 10.1 Å². The maximum absolute atomic E-state index is 13.2. The van der Waals surface area contributed by atoms with Crippen molar-refractivity contribution in [2.45, 2.75) is 13.0 Å². The second-order valence-electron chi connectivity index (χ2n) is 5.72. The number of ether oxygens (including phenoxy) is 1. The number of rotatable bonds is 5. The van der Waals surface area contributed by atoms with Crippen molar-refractivity contribution in [3.8, 4) is 17.1 Å². The number of fused-ring (bicyclic) bond motifs is 1. The molecule has 1 unspecified atom stereocenters. The Morgan fingerprint density at radius 2 is 1.96 bits per heavy atom. The summed E-state index contributed by atoms with van der Waals surface area (Å²) in [7, 11) is 3.36. The molecule has 0 saturated carbocycles. The number of carbonyl (C=O) groups is 1. The highest BCUT2D eigenvalue weighted by Crippen LogP contribution is 2.38. The second kappa shape index (κ2) is 6.57. The highest BCUT2D eigenvalue weighted by Gasteiger charge is 2.24. The third kappa shape index (κ3) is 2.96. The van der Waals surface area contributed by atoms with Gasteiger partial charge in [0.2, 0.25) is 0 Å². The number of hydrogen-bond donors (Lipinski definition) is 2. The van der Waals surface area contributed by atoms with Crippen molar-refractivity contribution in [3.63, 3.8) is 0 Å². The van der Waals surface area contributed by atoms with E-state index in [1.54, 1.807) is 12.1 Å². The summed E-state index contributed by atoms with van der Waals surface area (Å²) in [6.45, 7) is 1.96. The molecule has 0 saturated heterocycles. The van der Waals surface area contributed by atoms with Gasteiger partial charge in [-0.15, -0.1) is 0 Å². The molecule has 0 aliphatic rings. The van der Waals surface area contributed by atoms with E-state index in [1.165, 1.54) is 31.4 Å². The third-order valence-corrected chi connectivity index (χ3v) is 4.26. The summed E-state index contributed by atoms with van der Waals surface area (Å²) >= 11 is 0. The molecule has 1 atom stereocenters. The Labute approximate surface area is 144 Å². The number of carboxylic acid groups (broad SMARTS) is 1. The van der Waals surface area contributed by atoms with Gasteiger partial charge in [-0.05, 0) is 50.4 Å². The van der Waals surface area contributed by atoms with E-state index in [9.17, 15) is 14.3 Å². The van der Waals surface area contributed by atoms with Gasteiger partial charge in [-0.3, -0.25) is 0 Å². The van der Waals surface area contributed by atoms with Crippen LogP contribution in [0.2, 0.25) is 0 Å². The van der Waals surface area contributed by atoms with Gasteiger partial charge in [0.15, 0.2) is 0 Å². The molecule has 1 aromatic heterocycles. The van der Waals surface area contributed by atoms with Crippen LogP contribution in [0.25, 0.3) is 22.3 Å². The number of aromatic carboxylic acids is 1. The molecule has 0 amide bonds. The van der Waals surface area contributed by atoms with Gasteiger partial charge in [0, 0.05) is 22.6 Å². The third-order valence-electron chi connectivity index (χ3n) is 4.26. The quantitative estimate of drug-likeness (QED) is 0.725. The standard InChI is InChI=1S/C19H18FNO4/c1-10(21-2)13-8-16-14(9-15(13)24-3)17(19(22)23)18(25-16)11-4-6-12(20)7-5-11/h4-10,21H,1-3H3,(H,22,23). The zero-order valence-corrected chi connectivity index (χ0v) is 14.1. The molecule has 5 nitrogen and oxygen atoms in total. The van der Waals surface area contributed by atoms with Gasteiger partial charge in [0.25, 0.3) is 0 Å². The molecule has 25 heavy (non-hydrogen) atoms. The minimum absolute atomic E-state index is 0.00741. The van der Waals surface area contributed by atoms with Crippen molar-refractivity contribution in [2.75, 3.05) is 14.2 Å². The van der Waals surface area contributed by atoms with Gasteiger partial charge < -0.3 is 19.6 Å². The van der Waals surface area contributed by atoms with Crippen molar-refractivity contribution >= 4 is 16.9 Å². The van der Waals surface area contributed by atoms with Crippen LogP contribution in [0, 0.1) is 5.82 Å². The fourth-order valence-corrected chi connectivity index (χ4v) is 2.83. The molecule has 0 aliphatic heterocycles. The minimum Gasteiger partial charge on any atom is -0.496 e. The Morgan fingerprint density at radius 3 is 2.52 bits per heavy atom. The summed E-state index contributed by atoms with van der Waals surface area (Å²) < 4.78 is 24.4. The van der Waals surface area contributed by atoms with Gasteiger partial charge in [0.05, 0.1) is 7.11 Å². The highest BCUT2D eigenvalue weighted by molar-refractivity contribution is 6.08. The van der Waals surface area contributed by atoms with E-state index in [-0.39, 0.29) is 17.4 Å². The predicted molar refractivity (Wildman–Crippen MR) is 92.6 cm³/mol. The van der Waals surface area contributed by atoms with E-state index in [0.29, 0.717) is 22.3 Å². The fraction of sp³-hybridized carbons (Fsp3) is 0.211. The molecule has 130 valence electrons. The molecule has 0 radical (unpaired) electrons. The molecule has 2 aromatic carbocycles. The van der Waals surface area contributed by atoms with Crippen LogP contribution in [0.15, 0.2) is 40.8 Å². The van der Waals surface area contributed by atoms with E-state index in [2.05, 4.69) is 5.32 Å². The maximum Gasteiger partial charge on any atom is 0.340 e. The number of nitrogens with one attached hydrogen (secondary N) is 1. The van der Waals surface area contributed by atoms with Crippen LogP contribution in [-0.4, -0.2) is 25.2 Å². The first-order chi connectivity index (χ1) is 12.0. The average molecular weight is 343 g/mol. The molecule has 2 N–H and O–H groups in total. The molecule has 3 aromatic rings. The summed E-state index contributed by atoms with van der Waals surface area (Å²) in [6.07, 6.45) is 0. The monoisotopic (exact) mass is 343 g/mol. The van der Waals surface area contributed by atoms with Gasteiger partial charge in [-0.2, -0.15) is 0 Å². The molecule has 0 fully saturated rings. The Morgan fingerprint density at radius 1 is 1.28 bits per heavy atom. The van der Waals surface area contributed by atoms with E-state index < -0.39 is 11.8 Å².